The van der Waals surface area contributed by atoms with Crippen molar-refractivity contribution in [2.45, 2.75) is 37.2 Å². The van der Waals surface area contributed by atoms with E-state index >= 15 is 0 Å². The minimum absolute atomic E-state index is 0.272. The maximum atomic E-state index is 11.4. The number of nitrogens with one attached hydrogen (secondary N) is 4. The SMILES string of the molecule is C[C@]12NC(=O)N[C@@]1(CCC1CO1)NC(=O)N2. The maximum absolute atomic E-state index is 11.4. The Labute approximate surface area is 92.3 Å². The number of fused-ring (bicyclic) bond motifs is 1. The molecule has 7 heteroatoms. The van der Waals surface area contributed by atoms with E-state index in [4.69, 9.17) is 4.74 Å². The highest BCUT2D eigenvalue weighted by Gasteiger charge is 2.61. The van der Waals surface area contributed by atoms with E-state index in [1.807, 2.05) is 0 Å². The van der Waals surface area contributed by atoms with Crippen molar-refractivity contribution in [3.8, 4) is 0 Å². The highest BCUT2D eigenvalue weighted by atomic mass is 16.6. The molecule has 4 amide bonds. The van der Waals surface area contributed by atoms with Gasteiger partial charge in [-0.1, -0.05) is 0 Å². The Morgan fingerprint density at radius 3 is 2.31 bits per heavy atom. The van der Waals surface area contributed by atoms with E-state index in [2.05, 4.69) is 21.3 Å². The number of urea groups is 2. The quantitative estimate of drug-likeness (QED) is 0.475. The first kappa shape index (κ1) is 9.71. The second-order valence-corrected chi connectivity index (χ2v) is 4.68. The summed E-state index contributed by atoms with van der Waals surface area (Å²) in [6.45, 7) is 2.56. The van der Waals surface area contributed by atoms with Gasteiger partial charge in [-0.3, -0.25) is 0 Å². The van der Waals surface area contributed by atoms with E-state index < -0.39 is 11.3 Å². The summed E-state index contributed by atoms with van der Waals surface area (Å²) in [7, 11) is 0. The van der Waals surface area contributed by atoms with E-state index in [0.29, 0.717) is 6.42 Å². The number of carbonyl (C=O) groups is 2. The Hall–Kier alpha value is -1.50. The standard InChI is InChI=1S/C9H14N4O3/c1-8-9(12-6(14)10-8,13-7(15)11-8)3-2-5-4-16-5/h5H,2-4H2,1H3,(H2,10,12,14)(H2,11,13,15)/t5?,8-,9+. The molecule has 0 aromatic heterocycles. The lowest BCUT2D eigenvalue weighted by Crippen LogP contribution is -2.64. The summed E-state index contributed by atoms with van der Waals surface area (Å²) < 4.78 is 5.13. The van der Waals surface area contributed by atoms with Crippen molar-refractivity contribution in [2.24, 2.45) is 0 Å². The molecule has 0 saturated carbocycles. The molecule has 3 aliphatic rings. The average Bonchev–Trinajstić information content (AvgIpc) is 2.87. The summed E-state index contributed by atoms with van der Waals surface area (Å²) in [5.41, 5.74) is -1.51. The summed E-state index contributed by atoms with van der Waals surface area (Å²) in [6.07, 6.45) is 1.74. The zero-order valence-corrected chi connectivity index (χ0v) is 8.92. The van der Waals surface area contributed by atoms with Crippen molar-refractivity contribution in [1.29, 1.82) is 0 Å². The molecule has 3 heterocycles. The molecule has 3 fully saturated rings. The van der Waals surface area contributed by atoms with Crippen LogP contribution in [-0.2, 0) is 4.74 Å². The fourth-order valence-electron chi connectivity index (χ4n) is 2.42. The van der Waals surface area contributed by atoms with Crippen LogP contribution in [0.3, 0.4) is 0 Å². The van der Waals surface area contributed by atoms with Crippen molar-refractivity contribution in [1.82, 2.24) is 21.3 Å². The van der Waals surface area contributed by atoms with Crippen LogP contribution in [0.4, 0.5) is 9.59 Å². The molecular formula is C9H14N4O3. The Morgan fingerprint density at radius 2 is 1.81 bits per heavy atom. The van der Waals surface area contributed by atoms with Gasteiger partial charge in [0.25, 0.3) is 0 Å². The fraction of sp³-hybridized carbons (Fsp3) is 0.778. The Kier molecular flexibility index (Phi) is 1.69. The van der Waals surface area contributed by atoms with Gasteiger partial charge in [0, 0.05) is 0 Å². The second kappa shape index (κ2) is 2.79. The van der Waals surface area contributed by atoms with Crippen LogP contribution in [-0.4, -0.2) is 36.1 Å². The number of hydrogen-bond donors (Lipinski definition) is 4. The van der Waals surface area contributed by atoms with Crippen molar-refractivity contribution >= 4 is 12.1 Å². The molecule has 16 heavy (non-hydrogen) atoms. The lowest BCUT2D eigenvalue weighted by Gasteiger charge is -2.33. The van der Waals surface area contributed by atoms with Gasteiger partial charge >= 0.3 is 12.1 Å². The highest BCUT2D eigenvalue weighted by Crippen LogP contribution is 2.32. The van der Waals surface area contributed by atoms with E-state index in [-0.39, 0.29) is 18.2 Å². The normalized spacial score (nSPS) is 44.2. The number of ether oxygens (including phenoxy) is 1. The molecule has 0 spiro atoms. The van der Waals surface area contributed by atoms with Crippen molar-refractivity contribution in [3.05, 3.63) is 0 Å². The van der Waals surface area contributed by atoms with Gasteiger partial charge in [-0.2, -0.15) is 0 Å². The summed E-state index contributed by atoms with van der Waals surface area (Å²) >= 11 is 0. The predicted octanol–water partition coefficient (Wildman–Crippen LogP) is -0.796. The largest absolute Gasteiger partial charge is 0.373 e. The monoisotopic (exact) mass is 226 g/mol. The van der Waals surface area contributed by atoms with Crippen LogP contribution >= 0.6 is 0 Å². The third kappa shape index (κ3) is 1.24. The predicted molar refractivity (Wildman–Crippen MR) is 53.4 cm³/mol. The molecule has 0 aliphatic carbocycles. The minimum atomic E-state index is -0.768. The van der Waals surface area contributed by atoms with Crippen LogP contribution < -0.4 is 21.3 Å². The fourth-order valence-corrected chi connectivity index (χ4v) is 2.42. The first-order valence-electron chi connectivity index (χ1n) is 5.35. The van der Waals surface area contributed by atoms with Gasteiger partial charge in [-0.05, 0) is 19.8 Å². The van der Waals surface area contributed by atoms with Crippen LogP contribution in [0.1, 0.15) is 19.8 Å². The molecule has 4 N–H and O–H groups in total. The third-order valence-corrected chi connectivity index (χ3v) is 3.48. The molecule has 3 rings (SSSR count). The van der Waals surface area contributed by atoms with Crippen molar-refractivity contribution < 1.29 is 14.3 Å². The second-order valence-electron chi connectivity index (χ2n) is 4.68. The molecule has 3 saturated heterocycles. The zero-order valence-electron chi connectivity index (χ0n) is 8.92. The van der Waals surface area contributed by atoms with Crippen LogP contribution in [0.25, 0.3) is 0 Å². The first-order valence-corrected chi connectivity index (χ1v) is 5.35. The molecule has 88 valence electrons. The number of carbonyl (C=O) groups excluding carboxylic acids is 2. The summed E-state index contributed by atoms with van der Waals surface area (Å²) in [4.78, 5) is 22.8. The average molecular weight is 226 g/mol. The summed E-state index contributed by atoms with van der Waals surface area (Å²) in [5, 5.41) is 11.0. The van der Waals surface area contributed by atoms with Gasteiger partial charge in [0.05, 0.1) is 12.7 Å². The topological polar surface area (TPSA) is 94.8 Å². The maximum Gasteiger partial charge on any atom is 0.318 e. The number of rotatable bonds is 3. The molecule has 3 aliphatic heterocycles. The summed E-state index contributed by atoms with van der Waals surface area (Å²) in [5.74, 6) is 0. The lowest BCUT2D eigenvalue weighted by atomic mass is 9.92. The van der Waals surface area contributed by atoms with Gasteiger partial charge in [-0.25, -0.2) is 9.59 Å². The molecule has 0 bridgehead atoms. The third-order valence-electron chi connectivity index (χ3n) is 3.48. The van der Waals surface area contributed by atoms with Gasteiger partial charge in [0.15, 0.2) is 11.3 Å². The summed E-state index contributed by atoms with van der Waals surface area (Å²) in [6, 6.07) is -0.543. The van der Waals surface area contributed by atoms with E-state index in [1.165, 1.54) is 0 Å². The Bertz CT molecular complexity index is 346. The van der Waals surface area contributed by atoms with E-state index in [0.717, 1.165) is 13.0 Å². The van der Waals surface area contributed by atoms with Crippen LogP contribution in [0.5, 0.6) is 0 Å². The van der Waals surface area contributed by atoms with Gasteiger partial charge < -0.3 is 26.0 Å². The van der Waals surface area contributed by atoms with Crippen LogP contribution in [0, 0.1) is 0 Å². The van der Waals surface area contributed by atoms with E-state index in [9.17, 15) is 9.59 Å². The van der Waals surface area contributed by atoms with Crippen LogP contribution in [0.2, 0.25) is 0 Å². The molecule has 7 nitrogen and oxygen atoms in total. The van der Waals surface area contributed by atoms with Crippen molar-refractivity contribution in [3.63, 3.8) is 0 Å². The highest BCUT2D eigenvalue weighted by molar-refractivity contribution is 5.87. The lowest BCUT2D eigenvalue weighted by molar-refractivity contribution is 0.199. The minimum Gasteiger partial charge on any atom is -0.373 e. The number of amides is 4. The number of epoxide rings is 1. The van der Waals surface area contributed by atoms with Crippen LogP contribution in [0.15, 0.2) is 0 Å². The Morgan fingerprint density at radius 1 is 1.25 bits per heavy atom. The first-order chi connectivity index (χ1) is 7.53. The zero-order chi connectivity index (χ0) is 11.4. The van der Waals surface area contributed by atoms with Gasteiger partial charge in [0.2, 0.25) is 0 Å². The van der Waals surface area contributed by atoms with E-state index in [1.54, 1.807) is 6.92 Å². The molecule has 1 unspecified atom stereocenters. The smallest absolute Gasteiger partial charge is 0.318 e. The van der Waals surface area contributed by atoms with Crippen molar-refractivity contribution in [2.75, 3.05) is 6.61 Å². The number of hydrogen-bond acceptors (Lipinski definition) is 3. The van der Waals surface area contributed by atoms with Gasteiger partial charge in [-0.15, -0.1) is 0 Å². The molecular weight excluding hydrogens is 212 g/mol. The molecule has 0 radical (unpaired) electrons. The molecule has 1 atom stereocenters. The molecule has 0 aromatic carbocycles. The molecule has 0 aromatic rings. The van der Waals surface area contributed by atoms with Gasteiger partial charge in [0.1, 0.15) is 0 Å². The Balaban J connectivity index is 1.82.